The standard InChI is InChI=1S/C19H19ClFN3/c20-15-7-5-14(6-8-15)11-24-18-4-2-1-3-17(18)22-19(24)13-23-10-9-16(21)12-23/h1-8,16H,9-13H2/t16-/m1/s1. The molecular weight excluding hydrogens is 325 g/mol. The second kappa shape index (κ2) is 6.54. The first-order valence-corrected chi connectivity index (χ1v) is 8.62. The number of aromatic nitrogens is 2. The summed E-state index contributed by atoms with van der Waals surface area (Å²) in [4.78, 5) is 6.93. The van der Waals surface area contributed by atoms with E-state index in [1.165, 1.54) is 5.56 Å². The molecule has 1 saturated heterocycles. The second-order valence-corrected chi connectivity index (χ2v) is 6.79. The molecule has 124 valence electrons. The highest BCUT2D eigenvalue weighted by atomic mass is 35.5. The highest BCUT2D eigenvalue weighted by Crippen LogP contribution is 2.22. The smallest absolute Gasteiger partial charge is 0.124 e. The molecule has 0 N–H and O–H groups in total. The Kier molecular flexibility index (Phi) is 4.25. The van der Waals surface area contributed by atoms with Crippen molar-refractivity contribution in [3.63, 3.8) is 0 Å². The van der Waals surface area contributed by atoms with Crippen LogP contribution < -0.4 is 0 Å². The van der Waals surface area contributed by atoms with Gasteiger partial charge in [-0.15, -0.1) is 0 Å². The van der Waals surface area contributed by atoms with Gasteiger partial charge in [0.25, 0.3) is 0 Å². The van der Waals surface area contributed by atoms with Crippen molar-refractivity contribution in [2.24, 2.45) is 0 Å². The van der Waals surface area contributed by atoms with Crippen molar-refractivity contribution >= 4 is 22.6 Å². The van der Waals surface area contributed by atoms with Gasteiger partial charge in [-0.25, -0.2) is 9.37 Å². The molecule has 0 bridgehead atoms. The van der Waals surface area contributed by atoms with E-state index in [0.717, 1.165) is 35.0 Å². The first kappa shape index (κ1) is 15.6. The zero-order valence-electron chi connectivity index (χ0n) is 13.3. The third-order valence-corrected chi connectivity index (χ3v) is 4.82. The molecule has 0 saturated carbocycles. The highest BCUT2D eigenvalue weighted by Gasteiger charge is 2.23. The second-order valence-electron chi connectivity index (χ2n) is 6.35. The van der Waals surface area contributed by atoms with Crippen LogP contribution in [0.5, 0.6) is 0 Å². The van der Waals surface area contributed by atoms with Gasteiger partial charge in [0.2, 0.25) is 0 Å². The van der Waals surface area contributed by atoms with Crippen molar-refractivity contribution in [3.8, 4) is 0 Å². The predicted octanol–water partition coefficient (Wildman–Crippen LogP) is 4.28. The molecule has 1 aliphatic rings. The van der Waals surface area contributed by atoms with Crippen molar-refractivity contribution in [2.45, 2.75) is 25.7 Å². The van der Waals surface area contributed by atoms with Crippen LogP contribution >= 0.6 is 11.6 Å². The summed E-state index contributed by atoms with van der Waals surface area (Å²) in [6.45, 7) is 2.72. The Morgan fingerprint density at radius 2 is 1.88 bits per heavy atom. The lowest BCUT2D eigenvalue weighted by atomic mass is 10.2. The molecule has 4 rings (SSSR count). The summed E-state index contributed by atoms with van der Waals surface area (Å²) in [6.07, 6.45) is -0.0867. The van der Waals surface area contributed by atoms with Gasteiger partial charge in [-0.3, -0.25) is 4.90 Å². The Bertz CT molecular complexity index is 843. The summed E-state index contributed by atoms with van der Waals surface area (Å²) >= 11 is 5.99. The van der Waals surface area contributed by atoms with Crippen molar-refractivity contribution in [1.29, 1.82) is 0 Å². The summed E-state index contributed by atoms with van der Waals surface area (Å²) in [5.74, 6) is 0.986. The van der Waals surface area contributed by atoms with E-state index in [-0.39, 0.29) is 0 Å². The number of para-hydroxylation sites is 2. The SMILES string of the molecule is F[C@@H]1CCN(Cc2nc3ccccc3n2Cc2ccc(Cl)cc2)C1. The molecule has 0 spiro atoms. The van der Waals surface area contributed by atoms with Gasteiger partial charge in [0.1, 0.15) is 12.0 Å². The van der Waals surface area contributed by atoms with E-state index >= 15 is 0 Å². The van der Waals surface area contributed by atoms with Crippen LogP contribution in [0.3, 0.4) is 0 Å². The maximum atomic E-state index is 13.5. The summed E-state index contributed by atoms with van der Waals surface area (Å²) in [5, 5.41) is 0.737. The molecule has 0 unspecified atom stereocenters. The molecule has 3 nitrogen and oxygen atoms in total. The average molecular weight is 344 g/mol. The van der Waals surface area contributed by atoms with Gasteiger partial charge in [-0.1, -0.05) is 35.9 Å². The van der Waals surface area contributed by atoms with Crippen LogP contribution in [0, 0.1) is 0 Å². The van der Waals surface area contributed by atoms with Crippen LogP contribution in [0.15, 0.2) is 48.5 Å². The molecule has 1 aromatic heterocycles. The number of alkyl halides is 1. The summed E-state index contributed by atoms with van der Waals surface area (Å²) < 4.78 is 15.7. The molecule has 5 heteroatoms. The van der Waals surface area contributed by atoms with Gasteiger partial charge < -0.3 is 4.57 Å². The molecule has 1 aliphatic heterocycles. The number of hydrogen-bond acceptors (Lipinski definition) is 2. The van der Waals surface area contributed by atoms with Gasteiger partial charge >= 0.3 is 0 Å². The number of rotatable bonds is 4. The normalized spacial score (nSPS) is 18.5. The minimum Gasteiger partial charge on any atom is -0.322 e. The van der Waals surface area contributed by atoms with Crippen LogP contribution in [-0.4, -0.2) is 33.7 Å². The molecule has 0 aliphatic carbocycles. The Balaban J connectivity index is 1.68. The molecule has 1 fully saturated rings. The van der Waals surface area contributed by atoms with Gasteiger partial charge in [0.15, 0.2) is 0 Å². The lowest BCUT2D eigenvalue weighted by molar-refractivity contribution is 0.275. The fourth-order valence-corrected chi connectivity index (χ4v) is 3.45. The fraction of sp³-hybridized carbons (Fsp3) is 0.316. The third-order valence-electron chi connectivity index (χ3n) is 4.57. The zero-order valence-corrected chi connectivity index (χ0v) is 14.1. The number of halogens is 2. The molecule has 1 atom stereocenters. The maximum Gasteiger partial charge on any atom is 0.124 e. The Hall–Kier alpha value is -1.91. The van der Waals surface area contributed by atoms with E-state index in [2.05, 4.69) is 15.5 Å². The van der Waals surface area contributed by atoms with Crippen LogP contribution in [0.1, 0.15) is 17.8 Å². The Morgan fingerprint density at radius 3 is 2.62 bits per heavy atom. The molecule has 2 heterocycles. The maximum absolute atomic E-state index is 13.5. The van der Waals surface area contributed by atoms with Crippen LogP contribution in [-0.2, 0) is 13.1 Å². The van der Waals surface area contributed by atoms with Crippen LogP contribution in [0.25, 0.3) is 11.0 Å². The number of likely N-dealkylation sites (tertiary alicyclic amines) is 1. The zero-order chi connectivity index (χ0) is 16.5. The Labute approximate surface area is 145 Å². The number of imidazole rings is 1. The molecule has 3 aromatic rings. The number of fused-ring (bicyclic) bond motifs is 1. The van der Waals surface area contributed by atoms with Gasteiger partial charge in [-0.05, 0) is 36.2 Å². The highest BCUT2D eigenvalue weighted by molar-refractivity contribution is 6.30. The van der Waals surface area contributed by atoms with Gasteiger partial charge in [-0.2, -0.15) is 0 Å². The largest absolute Gasteiger partial charge is 0.322 e. The molecule has 0 amide bonds. The minimum absolute atomic E-state index is 0.504. The number of hydrogen-bond donors (Lipinski definition) is 0. The van der Waals surface area contributed by atoms with Crippen molar-refractivity contribution < 1.29 is 4.39 Å². The minimum atomic E-state index is -0.709. The lowest BCUT2D eigenvalue weighted by Gasteiger charge is -2.16. The van der Waals surface area contributed by atoms with Gasteiger partial charge in [0.05, 0.1) is 17.6 Å². The first-order chi connectivity index (χ1) is 11.7. The Morgan fingerprint density at radius 1 is 1.08 bits per heavy atom. The monoisotopic (exact) mass is 343 g/mol. The number of benzene rings is 2. The van der Waals surface area contributed by atoms with E-state index in [9.17, 15) is 4.39 Å². The molecule has 0 radical (unpaired) electrons. The molecular formula is C19H19ClFN3. The van der Waals surface area contributed by atoms with Crippen molar-refractivity contribution in [3.05, 3.63) is 64.9 Å². The van der Waals surface area contributed by atoms with E-state index in [1.807, 2.05) is 42.5 Å². The van der Waals surface area contributed by atoms with E-state index in [1.54, 1.807) is 0 Å². The molecule has 2 aromatic carbocycles. The van der Waals surface area contributed by atoms with Crippen LogP contribution in [0.4, 0.5) is 4.39 Å². The van der Waals surface area contributed by atoms with E-state index in [0.29, 0.717) is 19.5 Å². The number of nitrogens with zero attached hydrogens (tertiary/aromatic N) is 3. The van der Waals surface area contributed by atoms with E-state index in [4.69, 9.17) is 16.6 Å². The van der Waals surface area contributed by atoms with E-state index < -0.39 is 6.17 Å². The summed E-state index contributed by atoms with van der Waals surface area (Å²) in [6, 6.07) is 16.0. The molecule has 24 heavy (non-hydrogen) atoms. The quantitative estimate of drug-likeness (QED) is 0.705. The first-order valence-electron chi connectivity index (χ1n) is 8.24. The fourth-order valence-electron chi connectivity index (χ4n) is 3.32. The average Bonchev–Trinajstić information content (AvgIpc) is 3.14. The summed E-state index contributed by atoms with van der Waals surface area (Å²) in [7, 11) is 0. The predicted molar refractivity (Wildman–Crippen MR) is 95.1 cm³/mol. The summed E-state index contributed by atoms with van der Waals surface area (Å²) in [5.41, 5.74) is 3.27. The van der Waals surface area contributed by atoms with Gasteiger partial charge in [0, 0.05) is 24.7 Å². The lowest BCUT2D eigenvalue weighted by Crippen LogP contribution is -2.23. The third kappa shape index (κ3) is 3.17. The van der Waals surface area contributed by atoms with Crippen LogP contribution in [0.2, 0.25) is 5.02 Å². The topological polar surface area (TPSA) is 21.1 Å². The van der Waals surface area contributed by atoms with Crippen molar-refractivity contribution in [1.82, 2.24) is 14.5 Å². The van der Waals surface area contributed by atoms with Crippen molar-refractivity contribution in [2.75, 3.05) is 13.1 Å².